The predicted octanol–water partition coefficient (Wildman–Crippen LogP) is 0.852. The van der Waals surface area contributed by atoms with E-state index in [4.69, 9.17) is 14.2 Å². The second-order valence-corrected chi connectivity index (χ2v) is 4.22. The van der Waals surface area contributed by atoms with Crippen molar-refractivity contribution in [1.82, 2.24) is 4.98 Å². The minimum absolute atomic E-state index is 0.0504. The van der Waals surface area contributed by atoms with E-state index < -0.39 is 4.92 Å². The molecule has 0 amide bonds. The molecule has 8 nitrogen and oxygen atoms in total. The van der Waals surface area contributed by atoms with Crippen molar-refractivity contribution in [1.29, 1.82) is 0 Å². The van der Waals surface area contributed by atoms with Crippen molar-refractivity contribution >= 4 is 11.4 Å². The molecule has 1 aromatic heterocycles. The summed E-state index contributed by atoms with van der Waals surface area (Å²) in [5.41, 5.74) is 0.573. The van der Waals surface area contributed by atoms with Gasteiger partial charge in [-0.2, -0.15) is 0 Å². The van der Waals surface area contributed by atoms with Gasteiger partial charge in [0.05, 0.1) is 24.7 Å². The van der Waals surface area contributed by atoms with E-state index in [1.165, 1.54) is 12.3 Å². The molecule has 1 aromatic rings. The highest BCUT2D eigenvalue weighted by atomic mass is 16.6. The third-order valence-corrected chi connectivity index (χ3v) is 2.91. The Kier molecular flexibility index (Phi) is 5.08. The summed E-state index contributed by atoms with van der Waals surface area (Å²) in [6, 6.07) is 1.49. The minimum atomic E-state index is -0.462. The first-order valence-corrected chi connectivity index (χ1v) is 6.31. The van der Waals surface area contributed by atoms with Gasteiger partial charge < -0.3 is 19.1 Å². The van der Waals surface area contributed by atoms with Gasteiger partial charge >= 0.3 is 0 Å². The van der Waals surface area contributed by atoms with E-state index in [1.807, 2.05) is 4.90 Å². The summed E-state index contributed by atoms with van der Waals surface area (Å²) < 4.78 is 15.7. The maximum Gasteiger partial charge on any atom is 0.289 e. The normalized spacial score (nSPS) is 15.2. The summed E-state index contributed by atoms with van der Waals surface area (Å²) in [4.78, 5) is 16.4. The number of hydrogen-bond acceptors (Lipinski definition) is 7. The molecule has 20 heavy (non-hydrogen) atoms. The molecule has 110 valence electrons. The lowest BCUT2D eigenvalue weighted by Gasteiger charge is -2.29. The van der Waals surface area contributed by atoms with E-state index >= 15 is 0 Å². The molecule has 2 rings (SSSR count). The second-order valence-electron chi connectivity index (χ2n) is 4.22. The predicted molar refractivity (Wildman–Crippen MR) is 71.3 cm³/mol. The van der Waals surface area contributed by atoms with Crippen LogP contribution in [0.25, 0.3) is 0 Å². The topological polar surface area (TPSA) is 87.0 Å². The van der Waals surface area contributed by atoms with Crippen LogP contribution in [0.1, 0.15) is 0 Å². The summed E-state index contributed by atoms with van der Waals surface area (Å²) in [6.45, 7) is 3.26. The summed E-state index contributed by atoms with van der Waals surface area (Å²) in [6.07, 6.45) is 1.20. The van der Waals surface area contributed by atoms with Crippen LogP contribution in [0.2, 0.25) is 0 Å². The molecule has 1 saturated heterocycles. The van der Waals surface area contributed by atoms with Crippen molar-refractivity contribution in [2.45, 2.75) is 0 Å². The molecule has 0 aliphatic carbocycles. The molecule has 0 aromatic carbocycles. The Morgan fingerprint density at radius 1 is 1.45 bits per heavy atom. The summed E-state index contributed by atoms with van der Waals surface area (Å²) in [5.74, 6) is 0.384. The highest BCUT2D eigenvalue weighted by molar-refractivity contribution is 5.59. The monoisotopic (exact) mass is 283 g/mol. The number of anilines is 1. The maximum atomic E-state index is 10.9. The molecule has 0 spiro atoms. The molecule has 0 N–H and O–H groups in total. The molecule has 0 saturated carbocycles. The lowest BCUT2D eigenvalue weighted by Crippen LogP contribution is -2.36. The number of nitrogens with zero attached hydrogens (tertiary/aromatic N) is 3. The van der Waals surface area contributed by atoms with Gasteiger partial charge in [0, 0.05) is 26.3 Å². The zero-order valence-electron chi connectivity index (χ0n) is 11.3. The number of nitro groups is 1. The van der Waals surface area contributed by atoms with Crippen LogP contribution in [-0.4, -0.2) is 56.5 Å². The van der Waals surface area contributed by atoms with E-state index in [-0.39, 0.29) is 5.69 Å². The lowest BCUT2D eigenvalue weighted by molar-refractivity contribution is -0.385. The lowest BCUT2D eigenvalue weighted by atomic mass is 10.3. The summed E-state index contributed by atoms with van der Waals surface area (Å²) >= 11 is 0. The van der Waals surface area contributed by atoms with Crippen molar-refractivity contribution < 1.29 is 19.1 Å². The smallest absolute Gasteiger partial charge is 0.289 e. The summed E-state index contributed by atoms with van der Waals surface area (Å²) in [7, 11) is 1.58. The highest BCUT2D eigenvalue weighted by Gasteiger charge is 2.20. The van der Waals surface area contributed by atoms with Crippen LogP contribution in [-0.2, 0) is 9.47 Å². The SMILES string of the molecule is COCCOc1ncc([N+](=O)[O-])cc1N1CCOCC1. The van der Waals surface area contributed by atoms with Crippen LogP contribution in [0.15, 0.2) is 12.3 Å². The zero-order chi connectivity index (χ0) is 14.4. The Morgan fingerprint density at radius 2 is 2.20 bits per heavy atom. The summed E-state index contributed by atoms with van der Waals surface area (Å²) in [5, 5.41) is 10.9. The van der Waals surface area contributed by atoms with Crippen molar-refractivity contribution in [2.75, 3.05) is 51.5 Å². The van der Waals surface area contributed by atoms with E-state index in [0.717, 1.165) is 0 Å². The van der Waals surface area contributed by atoms with Gasteiger partial charge in [0.1, 0.15) is 18.5 Å². The zero-order valence-corrected chi connectivity index (χ0v) is 11.3. The molecule has 2 heterocycles. The Hall–Kier alpha value is -1.93. The molecule has 0 atom stereocenters. The first-order valence-electron chi connectivity index (χ1n) is 6.31. The fraction of sp³-hybridized carbons (Fsp3) is 0.583. The molecule has 8 heteroatoms. The van der Waals surface area contributed by atoms with Gasteiger partial charge in [-0.1, -0.05) is 0 Å². The van der Waals surface area contributed by atoms with Gasteiger partial charge in [0.2, 0.25) is 5.88 Å². The quantitative estimate of drug-likeness (QED) is 0.434. The number of methoxy groups -OCH3 is 1. The number of morpholine rings is 1. The number of pyridine rings is 1. The van der Waals surface area contributed by atoms with E-state index in [9.17, 15) is 10.1 Å². The second kappa shape index (κ2) is 7.01. The third-order valence-electron chi connectivity index (χ3n) is 2.91. The number of rotatable bonds is 6. The molecule has 1 aliphatic heterocycles. The van der Waals surface area contributed by atoms with E-state index in [2.05, 4.69) is 4.98 Å². The molecule has 0 radical (unpaired) electrons. The highest BCUT2D eigenvalue weighted by Crippen LogP contribution is 2.30. The average molecular weight is 283 g/mol. The number of ether oxygens (including phenoxy) is 3. The minimum Gasteiger partial charge on any atom is -0.474 e. The van der Waals surface area contributed by atoms with Crippen LogP contribution in [0.4, 0.5) is 11.4 Å². The molecule has 1 aliphatic rings. The molecule has 0 bridgehead atoms. The van der Waals surface area contributed by atoms with Crippen LogP contribution in [0.3, 0.4) is 0 Å². The van der Waals surface area contributed by atoms with Gasteiger partial charge in [-0.3, -0.25) is 10.1 Å². The Balaban J connectivity index is 2.22. The van der Waals surface area contributed by atoms with Crippen LogP contribution < -0.4 is 9.64 Å². The van der Waals surface area contributed by atoms with Crippen LogP contribution >= 0.6 is 0 Å². The van der Waals surface area contributed by atoms with Crippen molar-refractivity contribution in [3.8, 4) is 5.88 Å². The number of aromatic nitrogens is 1. The standard InChI is InChI=1S/C12H17N3O5/c1-18-6-7-20-12-11(14-2-4-19-5-3-14)8-10(9-13-12)15(16)17/h8-9H,2-7H2,1H3. The Bertz CT molecular complexity index is 462. The number of hydrogen-bond donors (Lipinski definition) is 0. The largest absolute Gasteiger partial charge is 0.474 e. The first kappa shape index (κ1) is 14.5. The molecular weight excluding hydrogens is 266 g/mol. The van der Waals surface area contributed by atoms with Crippen LogP contribution in [0.5, 0.6) is 5.88 Å². The van der Waals surface area contributed by atoms with Gasteiger partial charge in [-0.15, -0.1) is 0 Å². The maximum absolute atomic E-state index is 10.9. The first-order chi connectivity index (χ1) is 9.72. The molecule has 0 unspecified atom stereocenters. The van der Waals surface area contributed by atoms with Gasteiger partial charge in [0.25, 0.3) is 5.69 Å². The molecular formula is C12H17N3O5. The van der Waals surface area contributed by atoms with Gasteiger partial charge in [0.15, 0.2) is 0 Å². The van der Waals surface area contributed by atoms with E-state index in [0.29, 0.717) is 51.1 Å². The van der Waals surface area contributed by atoms with Gasteiger partial charge in [-0.25, -0.2) is 4.98 Å². The Morgan fingerprint density at radius 3 is 2.85 bits per heavy atom. The van der Waals surface area contributed by atoms with Crippen molar-refractivity contribution in [3.63, 3.8) is 0 Å². The molecule has 1 fully saturated rings. The Labute approximate surface area is 116 Å². The fourth-order valence-corrected chi connectivity index (χ4v) is 1.89. The van der Waals surface area contributed by atoms with Crippen molar-refractivity contribution in [3.05, 3.63) is 22.4 Å². The van der Waals surface area contributed by atoms with Crippen molar-refractivity contribution in [2.24, 2.45) is 0 Å². The van der Waals surface area contributed by atoms with E-state index in [1.54, 1.807) is 7.11 Å². The third kappa shape index (κ3) is 3.55. The fourth-order valence-electron chi connectivity index (χ4n) is 1.89. The van der Waals surface area contributed by atoms with Gasteiger partial charge in [-0.05, 0) is 0 Å². The average Bonchev–Trinajstić information content (AvgIpc) is 2.48. The van der Waals surface area contributed by atoms with Crippen LogP contribution in [0, 0.1) is 10.1 Å².